The van der Waals surface area contributed by atoms with Crippen LogP contribution in [0.15, 0.2) is 36.8 Å². The lowest BCUT2D eigenvalue weighted by molar-refractivity contribution is 1.26. The molecule has 2 aromatic heterocycles. The predicted octanol–water partition coefficient (Wildman–Crippen LogP) is 1.98. The fraction of sp³-hybridized carbons (Fsp3) is 0. The van der Waals surface area contributed by atoms with E-state index in [9.17, 15) is 0 Å². The number of imidazole rings is 1. The van der Waals surface area contributed by atoms with Gasteiger partial charge in [-0.2, -0.15) is 0 Å². The molecule has 0 radical (unpaired) electrons. The number of H-pyrrole nitrogens is 1. The van der Waals surface area contributed by atoms with Gasteiger partial charge in [0.1, 0.15) is 5.82 Å². The standard InChI is InChI=1S/C10H9N3/c1-2-6-11-9(3-1)4-5-10-12-7-8-13-10/h1-8H,(H,12,13)/b5-4-. The minimum atomic E-state index is 0.839. The third-order valence-corrected chi connectivity index (χ3v) is 1.62. The number of hydrogen-bond donors (Lipinski definition) is 1. The molecule has 0 amide bonds. The quantitative estimate of drug-likeness (QED) is 0.750. The molecule has 0 unspecified atom stereocenters. The van der Waals surface area contributed by atoms with Gasteiger partial charge in [-0.3, -0.25) is 4.98 Å². The molecule has 2 rings (SSSR count). The summed E-state index contributed by atoms with van der Waals surface area (Å²) in [6, 6.07) is 5.79. The van der Waals surface area contributed by atoms with Crippen LogP contribution in [0.3, 0.4) is 0 Å². The zero-order chi connectivity index (χ0) is 8.93. The van der Waals surface area contributed by atoms with Crippen molar-refractivity contribution in [3.8, 4) is 0 Å². The lowest BCUT2D eigenvalue weighted by Gasteiger charge is -1.88. The summed E-state index contributed by atoms with van der Waals surface area (Å²) in [5.41, 5.74) is 0.930. The number of nitrogens with zero attached hydrogens (tertiary/aromatic N) is 2. The maximum Gasteiger partial charge on any atom is 0.129 e. The Labute approximate surface area is 76.2 Å². The molecular formula is C10H9N3. The van der Waals surface area contributed by atoms with Gasteiger partial charge in [0.15, 0.2) is 0 Å². The van der Waals surface area contributed by atoms with Gasteiger partial charge in [0.2, 0.25) is 0 Å². The smallest absolute Gasteiger partial charge is 0.129 e. The van der Waals surface area contributed by atoms with Gasteiger partial charge < -0.3 is 4.98 Å². The van der Waals surface area contributed by atoms with E-state index in [1.54, 1.807) is 18.6 Å². The fourth-order valence-electron chi connectivity index (χ4n) is 1.01. The molecular weight excluding hydrogens is 162 g/mol. The molecule has 0 aromatic carbocycles. The van der Waals surface area contributed by atoms with Gasteiger partial charge in [-0.15, -0.1) is 0 Å². The molecule has 0 bridgehead atoms. The van der Waals surface area contributed by atoms with Crippen molar-refractivity contribution < 1.29 is 0 Å². The lowest BCUT2D eigenvalue weighted by atomic mass is 10.3. The first-order valence-corrected chi connectivity index (χ1v) is 4.03. The van der Waals surface area contributed by atoms with Crippen molar-refractivity contribution in [1.82, 2.24) is 15.0 Å². The van der Waals surface area contributed by atoms with E-state index in [0.29, 0.717) is 0 Å². The third-order valence-electron chi connectivity index (χ3n) is 1.62. The van der Waals surface area contributed by atoms with Crippen molar-refractivity contribution in [2.75, 3.05) is 0 Å². The number of nitrogens with one attached hydrogen (secondary N) is 1. The van der Waals surface area contributed by atoms with Crippen LogP contribution in [0.1, 0.15) is 11.5 Å². The van der Waals surface area contributed by atoms with Crippen LogP contribution < -0.4 is 0 Å². The Balaban J connectivity index is 2.15. The third kappa shape index (κ3) is 2.02. The highest BCUT2D eigenvalue weighted by molar-refractivity contribution is 5.64. The van der Waals surface area contributed by atoms with Crippen LogP contribution >= 0.6 is 0 Å². The summed E-state index contributed by atoms with van der Waals surface area (Å²) in [4.78, 5) is 11.2. The van der Waals surface area contributed by atoms with Crippen LogP contribution in [0.5, 0.6) is 0 Å². The van der Waals surface area contributed by atoms with Gasteiger partial charge in [-0.1, -0.05) is 6.07 Å². The Morgan fingerprint density at radius 2 is 2.08 bits per heavy atom. The van der Waals surface area contributed by atoms with Crippen LogP contribution in [0.2, 0.25) is 0 Å². The first kappa shape index (κ1) is 7.73. The van der Waals surface area contributed by atoms with E-state index in [4.69, 9.17) is 0 Å². The maximum atomic E-state index is 4.15. The fourth-order valence-corrected chi connectivity index (χ4v) is 1.01. The summed E-state index contributed by atoms with van der Waals surface area (Å²) in [7, 11) is 0. The van der Waals surface area contributed by atoms with Crippen LogP contribution in [0, 0.1) is 0 Å². The summed E-state index contributed by atoms with van der Waals surface area (Å²) >= 11 is 0. The zero-order valence-electron chi connectivity index (χ0n) is 7.01. The highest BCUT2D eigenvalue weighted by Crippen LogP contribution is 2.00. The molecule has 64 valence electrons. The van der Waals surface area contributed by atoms with Crippen LogP contribution in [-0.2, 0) is 0 Å². The molecule has 3 nitrogen and oxygen atoms in total. The summed E-state index contributed by atoms with van der Waals surface area (Å²) in [5.74, 6) is 0.839. The first-order valence-electron chi connectivity index (χ1n) is 4.03. The Kier molecular flexibility index (Phi) is 2.18. The maximum absolute atomic E-state index is 4.15. The monoisotopic (exact) mass is 171 g/mol. The van der Waals surface area contributed by atoms with E-state index in [1.807, 2.05) is 30.4 Å². The molecule has 0 fully saturated rings. The van der Waals surface area contributed by atoms with Crippen molar-refractivity contribution in [1.29, 1.82) is 0 Å². The molecule has 1 N–H and O–H groups in total. The summed E-state index contributed by atoms with van der Waals surface area (Å²) < 4.78 is 0. The van der Waals surface area contributed by atoms with E-state index < -0.39 is 0 Å². The molecule has 0 saturated heterocycles. The first-order chi connectivity index (χ1) is 6.45. The van der Waals surface area contributed by atoms with Crippen molar-refractivity contribution in [2.24, 2.45) is 0 Å². The Morgan fingerprint density at radius 3 is 2.77 bits per heavy atom. The van der Waals surface area contributed by atoms with Gasteiger partial charge in [-0.25, -0.2) is 4.98 Å². The van der Waals surface area contributed by atoms with Gasteiger partial charge in [0.25, 0.3) is 0 Å². The van der Waals surface area contributed by atoms with Crippen molar-refractivity contribution >= 4 is 12.2 Å². The average molecular weight is 171 g/mol. The summed E-state index contributed by atoms with van der Waals surface area (Å²) in [6.45, 7) is 0. The van der Waals surface area contributed by atoms with E-state index in [0.717, 1.165) is 11.5 Å². The number of pyridine rings is 1. The van der Waals surface area contributed by atoms with E-state index in [-0.39, 0.29) is 0 Å². The number of hydrogen-bond acceptors (Lipinski definition) is 2. The highest BCUT2D eigenvalue weighted by atomic mass is 14.9. The molecule has 0 saturated carbocycles. The van der Waals surface area contributed by atoms with Gasteiger partial charge >= 0.3 is 0 Å². The van der Waals surface area contributed by atoms with E-state index in [1.165, 1.54) is 0 Å². The Hall–Kier alpha value is -1.90. The Morgan fingerprint density at radius 1 is 1.08 bits per heavy atom. The minimum absolute atomic E-state index is 0.839. The Bertz CT molecular complexity index is 376. The molecule has 0 aliphatic heterocycles. The highest BCUT2D eigenvalue weighted by Gasteiger charge is 1.87. The van der Waals surface area contributed by atoms with Crippen LogP contribution in [-0.4, -0.2) is 15.0 Å². The van der Waals surface area contributed by atoms with Crippen LogP contribution in [0.25, 0.3) is 12.2 Å². The SMILES string of the molecule is C(=C/c1ncc[nH]1)/c1ccccn1. The second kappa shape index (κ2) is 3.67. The zero-order valence-corrected chi connectivity index (χ0v) is 7.01. The van der Waals surface area contributed by atoms with Crippen molar-refractivity contribution in [3.05, 3.63) is 48.3 Å². The number of aromatic nitrogens is 3. The normalized spacial score (nSPS) is 10.8. The van der Waals surface area contributed by atoms with Crippen molar-refractivity contribution in [2.45, 2.75) is 0 Å². The van der Waals surface area contributed by atoms with Crippen molar-refractivity contribution in [3.63, 3.8) is 0 Å². The molecule has 2 aromatic rings. The lowest BCUT2D eigenvalue weighted by Crippen LogP contribution is -1.77. The van der Waals surface area contributed by atoms with Gasteiger partial charge in [0, 0.05) is 18.6 Å². The van der Waals surface area contributed by atoms with E-state index >= 15 is 0 Å². The molecule has 2 heterocycles. The number of rotatable bonds is 2. The second-order valence-electron chi connectivity index (χ2n) is 2.56. The minimum Gasteiger partial charge on any atom is -0.345 e. The molecule has 0 spiro atoms. The molecule has 3 heteroatoms. The van der Waals surface area contributed by atoms with Gasteiger partial charge in [0.05, 0.1) is 5.69 Å². The summed E-state index contributed by atoms with van der Waals surface area (Å²) in [5, 5.41) is 0. The summed E-state index contributed by atoms with van der Waals surface area (Å²) in [6.07, 6.45) is 9.08. The average Bonchev–Trinajstić information content (AvgIpc) is 2.69. The predicted molar refractivity (Wildman–Crippen MR) is 51.8 cm³/mol. The molecule has 0 aliphatic carbocycles. The molecule has 0 aliphatic rings. The second-order valence-corrected chi connectivity index (χ2v) is 2.56. The van der Waals surface area contributed by atoms with Crippen LogP contribution in [0.4, 0.5) is 0 Å². The topological polar surface area (TPSA) is 41.6 Å². The largest absolute Gasteiger partial charge is 0.345 e. The molecule has 0 atom stereocenters. The van der Waals surface area contributed by atoms with Gasteiger partial charge in [-0.05, 0) is 24.3 Å². The molecule has 13 heavy (non-hydrogen) atoms. The number of aromatic amines is 1. The van der Waals surface area contributed by atoms with E-state index in [2.05, 4.69) is 15.0 Å².